The summed E-state index contributed by atoms with van der Waals surface area (Å²) in [6.45, 7) is 3.03. The molecule has 0 bridgehead atoms. The summed E-state index contributed by atoms with van der Waals surface area (Å²) in [6.07, 6.45) is 4.58. The van der Waals surface area contributed by atoms with E-state index in [1.807, 2.05) is 42.5 Å². The molecule has 0 N–H and O–H groups in total. The molecule has 1 aliphatic rings. The van der Waals surface area contributed by atoms with E-state index in [0.717, 1.165) is 43.2 Å². The van der Waals surface area contributed by atoms with Crippen molar-refractivity contribution in [1.29, 1.82) is 0 Å². The number of carbonyl (C=O) groups excluding carboxylic acids is 1. The number of benzene rings is 3. The summed E-state index contributed by atoms with van der Waals surface area (Å²) in [6, 6.07) is 18.1. The lowest BCUT2D eigenvalue weighted by Crippen LogP contribution is -2.25. The van der Waals surface area contributed by atoms with Crippen LogP contribution in [0.25, 0.3) is 11.1 Å². The molecule has 2 atom stereocenters. The third-order valence-electron chi connectivity index (χ3n) is 6.92. The molecule has 208 valence electrons. The van der Waals surface area contributed by atoms with Gasteiger partial charge < -0.3 is 23.7 Å². The average Bonchev–Trinajstić information content (AvgIpc) is 2.97. The number of methoxy groups -OCH3 is 2. The molecular formula is C32H37FO6. The maximum Gasteiger partial charge on any atom is 0.306 e. The number of halogens is 1. The van der Waals surface area contributed by atoms with Crippen LogP contribution in [0.2, 0.25) is 0 Å². The van der Waals surface area contributed by atoms with E-state index in [2.05, 4.69) is 6.92 Å². The van der Waals surface area contributed by atoms with Gasteiger partial charge in [-0.05, 0) is 72.7 Å². The molecule has 6 nitrogen and oxygen atoms in total. The SMILES string of the molecule is CCCC(CC(=O)OC)c1cccc(OCc2ccc(-c3cc(OC)ccc3F)c(OC3CCCCO3)c2)c1. The summed E-state index contributed by atoms with van der Waals surface area (Å²) in [5.74, 6) is 1.29. The minimum atomic E-state index is -0.385. The highest BCUT2D eigenvalue weighted by Crippen LogP contribution is 2.37. The molecule has 0 aliphatic carbocycles. The third-order valence-corrected chi connectivity index (χ3v) is 6.92. The average molecular weight is 537 g/mol. The van der Waals surface area contributed by atoms with Gasteiger partial charge in [-0.25, -0.2) is 4.39 Å². The van der Waals surface area contributed by atoms with Crippen molar-refractivity contribution in [3.8, 4) is 28.4 Å². The zero-order valence-electron chi connectivity index (χ0n) is 22.9. The standard InChI is InChI=1S/C32H37FO6/c1-4-8-23(19-31(34)36-3)24-9-7-10-26(18-24)38-21-22-12-14-27(28-20-25(35-2)13-15-29(28)33)30(17-22)39-32-11-5-6-16-37-32/h7,9-10,12-15,17-18,20,23,32H,4-6,8,11,16,19,21H2,1-3H3. The van der Waals surface area contributed by atoms with Crippen molar-refractivity contribution in [2.24, 2.45) is 0 Å². The van der Waals surface area contributed by atoms with E-state index in [-0.39, 0.29) is 24.0 Å². The summed E-state index contributed by atoms with van der Waals surface area (Å²) < 4.78 is 43.3. The largest absolute Gasteiger partial charge is 0.497 e. The van der Waals surface area contributed by atoms with Crippen molar-refractivity contribution in [1.82, 2.24) is 0 Å². The van der Waals surface area contributed by atoms with Gasteiger partial charge in [-0.1, -0.05) is 37.6 Å². The summed E-state index contributed by atoms with van der Waals surface area (Å²) in [7, 11) is 2.97. The van der Waals surface area contributed by atoms with Gasteiger partial charge in [0, 0.05) is 17.5 Å². The van der Waals surface area contributed by atoms with Gasteiger partial charge >= 0.3 is 5.97 Å². The maximum atomic E-state index is 14.9. The van der Waals surface area contributed by atoms with Crippen LogP contribution in [0.4, 0.5) is 4.39 Å². The fraction of sp³-hybridized carbons (Fsp3) is 0.406. The molecule has 1 heterocycles. The Morgan fingerprint density at radius 1 is 1.03 bits per heavy atom. The fourth-order valence-corrected chi connectivity index (χ4v) is 4.80. The zero-order chi connectivity index (χ0) is 27.6. The summed E-state index contributed by atoms with van der Waals surface area (Å²) in [4.78, 5) is 11.9. The first-order valence-electron chi connectivity index (χ1n) is 13.5. The quantitative estimate of drug-likeness (QED) is 0.224. The molecule has 0 radical (unpaired) electrons. The van der Waals surface area contributed by atoms with Crippen molar-refractivity contribution >= 4 is 5.97 Å². The van der Waals surface area contributed by atoms with Crippen molar-refractivity contribution < 1.29 is 32.9 Å². The number of carbonyl (C=O) groups is 1. The van der Waals surface area contributed by atoms with Crippen LogP contribution in [0.5, 0.6) is 17.2 Å². The van der Waals surface area contributed by atoms with Crippen LogP contribution in [0.15, 0.2) is 60.7 Å². The van der Waals surface area contributed by atoms with E-state index < -0.39 is 0 Å². The predicted molar refractivity (Wildman–Crippen MR) is 148 cm³/mol. The van der Waals surface area contributed by atoms with Crippen LogP contribution in [0.3, 0.4) is 0 Å². The van der Waals surface area contributed by atoms with Gasteiger partial charge in [-0.15, -0.1) is 0 Å². The second-order valence-electron chi connectivity index (χ2n) is 9.72. The van der Waals surface area contributed by atoms with E-state index in [9.17, 15) is 9.18 Å². The molecule has 1 saturated heterocycles. The van der Waals surface area contributed by atoms with Gasteiger partial charge in [0.05, 0.1) is 27.2 Å². The normalized spacial score (nSPS) is 15.8. The van der Waals surface area contributed by atoms with Crippen molar-refractivity contribution in [2.75, 3.05) is 20.8 Å². The van der Waals surface area contributed by atoms with Gasteiger partial charge in [0.1, 0.15) is 29.7 Å². The lowest BCUT2D eigenvalue weighted by Gasteiger charge is -2.25. The van der Waals surface area contributed by atoms with Gasteiger partial charge in [0.25, 0.3) is 0 Å². The van der Waals surface area contributed by atoms with Crippen LogP contribution >= 0.6 is 0 Å². The predicted octanol–water partition coefficient (Wildman–Crippen LogP) is 7.43. The van der Waals surface area contributed by atoms with E-state index in [1.165, 1.54) is 13.2 Å². The smallest absolute Gasteiger partial charge is 0.306 e. The van der Waals surface area contributed by atoms with Gasteiger partial charge in [-0.3, -0.25) is 4.79 Å². The minimum Gasteiger partial charge on any atom is -0.497 e. The van der Waals surface area contributed by atoms with Crippen molar-refractivity contribution in [3.05, 3.63) is 77.6 Å². The first-order chi connectivity index (χ1) is 19.0. The molecule has 0 aromatic heterocycles. The van der Waals surface area contributed by atoms with E-state index >= 15 is 0 Å². The number of esters is 1. The Bertz CT molecular complexity index is 1240. The summed E-state index contributed by atoms with van der Waals surface area (Å²) in [5, 5.41) is 0. The topological polar surface area (TPSA) is 63.2 Å². The Morgan fingerprint density at radius 2 is 1.90 bits per heavy atom. The molecule has 2 unspecified atom stereocenters. The van der Waals surface area contributed by atoms with E-state index in [4.69, 9.17) is 23.7 Å². The summed E-state index contributed by atoms with van der Waals surface area (Å²) in [5.41, 5.74) is 2.93. The summed E-state index contributed by atoms with van der Waals surface area (Å²) >= 11 is 0. The molecule has 0 spiro atoms. The van der Waals surface area contributed by atoms with Gasteiger partial charge in [0.15, 0.2) is 6.29 Å². The Labute approximate surface area is 230 Å². The maximum absolute atomic E-state index is 14.9. The highest BCUT2D eigenvalue weighted by molar-refractivity contribution is 5.73. The highest BCUT2D eigenvalue weighted by atomic mass is 19.1. The molecule has 1 fully saturated rings. The molecule has 0 amide bonds. The van der Waals surface area contributed by atoms with Crippen LogP contribution in [-0.4, -0.2) is 33.1 Å². The van der Waals surface area contributed by atoms with Crippen molar-refractivity contribution in [3.63, 3.8) is 0 Å². The van der Waals surface area contributed by atoms with E-state index in [0.29, 0.717) is 48.0 Å². The minimum absolute atomic E-state index is 0.0681. The first-order valence-corrected chi connectivity index (χ1v) is 13.5. The molecular weight excluding hydrogens is 499 g/mol. The lowest BCUT2D eigenvalue weighted by atomic mass is 9.91. The number of hydrogen-bond donors (Lipinski definition) is 0. The molecule has 39 heavy (non-hydrogen) atoms. The highest BCUT2D eigenvalue weighted by Gasteiger charge is 2.20. The molecule has 4 rings (SSSR count). The lowest BCUT2D eigenvalue weighted by molar-refractivity contribution is -0.141. The Hall–Kier alpha value is -3.58. The van der Waals surface area contributed by atoms with Crippen LogP contribution < -0.4 is 14.2 Å². The van der Waals surface area contributed by atoms with Crippen molar-refractivity contribution in [2.45, 2.75) is 64.3 Å². The first kappa shape index (κ1) is 28.4. The molecule has 3 aromatic carbocycles. The third kappa shape index (κ3) is 7.73. The Morgan fingerprint density at radius 3 is 2.64 bits per heavy atom. The monoisotopic (exact) mass is 536 g/mol. The molecule has 7 heteroatoms. The Balaban J connectivity index is 1.56. The number of hydrogen-bond acceptors (Lipinski definition) is 6. The molecule has 1 aliphatic heterocycles. The fourth-order valence-electron chi connectivity index (χ4n) is 4.80. The second kappa shape index (κ2) is 14.0. The van der Waals surface area contributed by atoms with Crippen LogP contribution in [-0.2, 0) is 20.9 Å². The van der Waals surface area contributed by atoms with Gasteiger partial charge in [0.2, 0.25) is 0 Å². The number of ether oxygens (including phenoxy) is 5. The zero-order valence-corrected chi connectivity index (χ0v) is 22.9. The number of rotatable bonds is 12. The Kier molecular flexibility index (Phi) is 10.2. The second-order valence-corrected chi connectivity index (χ2v) is 9.72. The molecule has 0 saturated carbocycles. The van der Waals surface area contributed by atoms with Crippen LogP contribution in [0.1, 0.15) is 62.5 Å². The van der Waals surface area contributed by atoms with Crippen LogP contribution in [0, 0.1) is 5.82 Å². The van der Waals surface area contributed by atoms with Gasteiger partial charge in [-0.2, -0.15) is 0 Å². The van der Waals surface area contributed by atoms with E-state index in [1.54, 1.807) is 19.2 Å². The molecule has 3 aromatic rings.